The lowest BCUT2D eigenvalue weighted by Crippen LogP contribution is -1.86. The van der Waals surface area contributed by atoms with Crippen LogP contribution in [-0.2, 0) is 0 Å². The molecule has 0 aliphatic rings. The van der Waals surface area contributed by atoms with Gasteiger partial charge in [0, 0.05) is 0 Å². The van der Waals surface area contributed by atoms with E-state index in [2.05, 4.69) is 85.8 Å². The quantitative estimate of drug-likeness (QED) is 0.373. The van der Waals surface area contributed by atoms with E-state index in [0.29, 0.717) is 0 Å². The van der Waals surface area contributed by atoms with Crippen molar-refractivity contribution in [1.82, 2.24) is 0 Å². The molecule has 0 heterocycles. The number of fused-ring (bicyclic) bond motifs is 2. The summed E-state index contributed by atoms with van der Waals surface area (Å²) in [6, 6.07) is 28.2. The second-order valence-corrected chi connectivity index (χ2v) is 5.49. The summed E-state index contributed by atoms with van der Waals surface area (Å²) >= 11 is 0. The number of benzene rings is 4. The van der Waals surface area contributed by atoms with E-state index in [-0.39, 0.29) is 0 Å². The lowest BCUT2D eigenvalue weighted by molar-refractivity contribution is 1.57. The maximum Gasteiger partial charge on any atom is -0.00964 e. The van der Waals surface area contributed by atoms with Crippen LogP contribution < -0.4 is 0 Å². The third-order valence-corrected chi connectivity index (χ3v) is 4.26. The van der Waals surface area contributed by atoms with Crippen LogP contribution in [0.1, 0.15) is 5.56 Å². The minimum Gasteiger partial charge on any atom is -0.0622 e. The van der Waals surface area contributed by atoms with Crippen molar-refractivity contribution < 1.29 is 0 Å². The summed E-state index contributed by atoms with van der Waals surface area (Å²) < 4.78 is 0. The first-order valence-electron chi connectivity index (χ1n) is 7.31. The van der Waals surface area contributed by atoms with Gasteiger partial charge in [0.1, 0.15) is 0 Å². The SMILES string of the molecule is Cc1c2ccccc2cc2c(-c3ccccc3)cccc12. The molecule has 0 fully saturated rings. The maximum atomic E-state index is 2.32. The molecular formula is C21H16. The van der Waals surface area contributed by atoms with E-state index in [1.807, 2.05) is 0 Å². The Bertz CT molecular complexity index is 934. The molecule has 4 rings (SSSR count). The first kappa shape index (κ1) is 12.2. The zero-order chi connectivity index (χ0) is 14.2. The molecule has 21 heavy (non-hydrogen) atoms. The van der Waals surface area contributed by atoms with Crippen LogP contribution in [0.4, 0.5) is 0 Å². The molecule has 100 valence electrons. The minimum atomic E-state index is 1.28. The molecule has 0 aromatic heterocycles. The second kappa shape index (κ2) is 4.75. The fourth-order valence-electron chi connectivity index (χ4n) is 3.18. The summed E-state index contributed by atoms with van der Waals surface area (Å²) in [5, 5.41) is 5.33. The molecule has 0 aliphatic heterocycles. The maximum absolute atomic E-state index is 2.32. The van der Waals surface area contributed by atoms with Gasteiger partial charge in [-0.1, -0.05) is 72.8 Å². The van der Waals surface area contributed by atoms with Crippen molar-refractivity contribution in [2.24, 2.45) is 0 Å². The Balaban J connectivity index is 2.15. The van der Waals surface area contributed by atoms with E-state index in [9.17, 15) is 0 Å². The van der Waals surface area contributed by atoms with Gasteiger partial charge in [-0.2, -0.15) is 0 Å². The molecular weight excluding hydrogens is 252 g/mol. The topological polar surface area (TPSA) is 0 Å². The molecule has 4 aromatic carbocycles. The Kier molecular flexibility index (Phi) is 2.75. The third-order valence-electron chi connectivity index (χ3n) is 4.26. The van der Waals surface area contributed by atoms with Crippen LogP contribution in [0, 0.1) is 6.92 Å². The summed E-state index contributed by atoms with van der Waals surface area (Å²) in [4.78, 5) is 0. The first-order chi connectivity index (χ1) is 10.3. The first-order valence-corrected chi connectivity index (χ1v) is 7.31. The fraction of sp³-hybridized carbons (Fsp3) is 0.0476. The van der Waals surface area contributed by atoms with E-state index in [0.717, 1.165) is 0 Å². The zero-order valence-electron chi connectivity index (χ0n) is 12.0. The molecule has 0 unspecified atom stereocenters. The molecule has 0 atom stereocenters. The van der Waals surface area contributed by atoms with Gasteiger partial charge in [-0.05, 0) is 51.2 Å². The molecule has 0 aliphatic carbocycles. The van der Waals surface area contributed by atoms with Gasteiger partial charge >= 0.3 is 0 Å². The largest absolute Gasteiger partial charge is 0.0622 e. The van der Waals surface area contributed by atoms with Crippen molar-refractivity contribution in [3.05, 3.63) is 84.4 Å². The smallest absolute Gasteiger partial charge is 0.00964 e. The van der Waals surface area contributed by atoms with Crippen LogP contribution in [0.15, 0.2) is 78.9 Å². The van der Waals surface area contributed by atoms with Gasteiger partial charge < -0.3 is 0 Å². The van der Waals surface area contributed by atoms with Crippen molar-refractivity contribution in [3.63, 3.8) is 0 Å². The lowest BCUT2D eigenvalue weighted by atomic mass is 9.92. The highest BCUT2D eigenvalue weighted by Crippen LogP contribution is 2.34. The lowest BCUT2D eigenvalue weighted by Gasteiger charge is -2.12. The number of rotatable bonds is 1. The van der Waals surface area contributed by atoms with Crippen molar-refractivity contribution in [3.8, 4) is 11.1 Å². The molecule has 0 N–H and O–H groups in total. The molecule has 0 radical (unpaired) electrons. The minimum absolute atomic E-state index is 1.28. The zero-order valence-corrected chi connectivity index (χ0v) is 12.0. The summed E-state index contributed by atoms with van der Waals surface area (Å²) in [5.41, 5.74) is 3.95. The van der Waals surface area contributed by atoms with E-state index in [1.165, 1.54) is 38.2 Å². The van der Waals surface area contributed by atoms with Crippen LogP contribution in [0.25, 0.3) is 32.7 Å². The Hall–Kier alpha value is -2.60. The summed E-state index contributed by atoms with van der Waals surface area (Å²) in [6.07, 6.45) is 0. The molecule has 0 nitrogen and oxygen atoms in total. The van der Waals surface area contributed by atoms with Gasteiger partial charge in [0.05, 0.1) is 0 Å². The van der Waals surface area contributed by atoms with Gasteiger partial charge in [0.2, 0.25) is 0 Å². The summed E-state index contributed by atoms with van der Waals surface area (Å²) in [7, 11) is 0. The number of aryl methyl sites for hydroxylation is 1. The van der Waals surface area contributed by atoms with Gasteiger partial charge in [0.15, 0.2) is 0 Å². The fourth-order valence-corrected chi connectivity index (χ4v) is 3.18. The van der Waals surface area contributed by atoms with Gasteiger partial charge in [0.25, 0.3) is 0 Å². The Morgan fingerprint density at radius 3 is 2.14 bits per heavy atom. The highest BCUT2D eigenvalue weighted by atomic mass is 14.1. The third kappa shape index (κ3) is 1.92. The highest BCUT2D eigenvalue weighted by molar-refractivity contribution is 6.07. The molecule has 0 bridgehead atoms. The van der Waals surface area contributed by atoms with Crippen molar-refractivity contribution >= 4 is 21.5 Å². The average Bonchev–Trinajstić information content (AvgIpc) is 2.56. The molecule has 0 spiro atoms. The van der Waals surface area contributed by atoms with Gasteiger partial charge in [-0.25, -0.2) is 0 Å². The van der Waals surface area contributed by atoms with Crippen molar-refractivity contribution in [2.75, 3.05) is 0 Å². The highest BCUT2D eigenvalue weighted by Gasteiger charge is 2.08. The van der Waals surface area contributed by atoms with E-state index in [4.69, 9.17) is 0 Å². The van der Waals surface area contributed by atoms with E-state index >= 15 is 0 Å². The second-order valence-electron chi connectivity index (χ2n) is 5.49. The molecule has 4 aromatic rings. The average molecular weight is 268 g/mol. The molecule has 0 saturated heterocycles. The predicted molar refractivity (Wildman–Crippen MR) is 91.6 cm³/mol. The molecule has 0 saturated carbocycles. The van der Waals surface area contributed by atoms with Crippen LogP contribution in [-0.4, -0.2) is 0 Å². The molecule has 0 heteroatoms. The van der Waals surface area contributed by atoms with Crippen LogP contribution in [0.3, 0.4) is 0 Å². The molecule has 0 amide bonds. The Morgan fingerprint density at radius 1 is 0.571 bits per heavy atom. The van der Waals surface area contributed by atoms with Crippen LogP contribution in [0.2, 0.25) is 0 Å². The summed E-state index contributed by atoms with van der Waals surface area (Å²) in [5.74, 6) is 0. The van der Waals surface area contributed by atoms with Crippen molar-refractivity contribution in [1.29, 1.82) is 0 Å². The van der Waals surface area contributed by atoms with Crippen LogP contribution >= 0.6 is 0 Å². The van der Waals surface area contributed by atoms with Gasteiger partial charge in [-0.15, -0.1) is 0 Å². The standard InChI is InChI=1S/C21H16/c1-15-18-11-6-5-10-17(18)14-21-19(15)12-7-13-20(21)16-8-3-2-4-9-16/h2-14H,1H3. The normalized spacial score (nSPS) is 11.1. The van der Waals surface area contributed by atoms with Crippen molar-refractivity contribution in [2.45, 2.75) is 6.92 Å². The van der Waals surface area contributed by atoms with Gasteiger partial charge in [-0.3, -0.25) is 0 Å². The Labute approximate surface area is 124 Å². The summed E-state index contributed by atoms with van der Waals surface area (Å²) in [6.45, 7) is 2.22. The van der Waals surface area contributed by atoms with Crippen LogP contribution in [0.5, 0.6) is 0 Å². The Morgan fingerprint density at radius 2 is 1.29 bits per heavy atom. The monoisotopic (exact) mass is 268 g/mol. The van der Waals surface area contributed by atoms with E-state index in [1.54, 1.807) is 0 Å². The number of hydrogen-bond donors (Lipinski definition) is 0. The predicted octanol–water partition coefficient (Wildman–Crippen LogP) is 5.97. The number of hydrogen-bond acceptors (Lipinski definition) is 0. The van der Waals surface area contributed by atoms with E-state index < -0.39 is 0 Å².